The van der Waals surface area contributed by atoms with Crippen LogP contribution in [0.5, 0.6) is 0 Å². The van der Waals surface area contributed by atoms with Gasteiger partial charge in [-0.2, -0.15) is 0 Å². The molecule has 0 bridgehead atoms. The van der Waals surface area contributed by atoms with Gasteiger partial charge in [0.05, 0.1) is 12.2 Å². The van der Waals surface area contributed by atoms with Gasteiger partial charge in [-0.3, -0.25) is 4.79 Å². The molecule has 0 aliphatic carbocycles. The molecule has 22 heavy (non-hydrogen) atoms. The molecule has 0 aromatic heterocycles. The smallest absolute Gasteiger partial charge is 0.339 e. The molecule has 1 aliphatic heterocycles. The van der Waals surface area contributed by atoms with Crippen molar-refractivity contribution in [3.05, 3.63) is 29.8 Å². The number of amides is 1. The van der Waals surface area contributed by atoms with E-state index < -0.39 is 0 Å². The summed E-state index contributed by atoms with van der Waals surface area (Å²) in [6.07, 6.45) is 5.15. The van der Waals surface area contributed by atoms with Gasteiger partial charge in [0.1, 0.15) is 0 Å². The van der Waals surface area contributed by atoms with Crippen LogP contribution < -0.4 is 0 Å². The molecule has 0 saturated carbocycles. The number of hydrogen-bond acceptors (Lipinski definition) is 4. The number of carbonyl (C=O) groups excluding carboxylic acids is 2. The van der Waals surface area contributed by atoms with E-state index in [9.17, 15) is 9.59 Å². The molecule has 0 N–H and O–H groups in total. The normalized spacial score (nSPS) is 14.7. The number of likely N-dealkylation sites (tertiary alicyclic amines) is 1. The van der Waals surface area contributed by atoms with E-state index in [1.165, 1.54) is 6.42 Å². The lowest BCUT2D eigenvalue weighted by Crippen LogP contribution is -2.32. The Morgan fingerprint density at radius 3 is 2.64 bits per heavy atom. The van der Waals surface area contributed by atoms with Crippen molar-refractivity contribution in [1.29, 1.82) is 0 Å². The summed E-state index contributed by atoms with van der Waals surface area (Å²) in [6, 6.07) is 7.17. The minimum Gasteiger partial charge on any atom is -0.462 e. The molecule has 0 unspecified atom stereocenters. The molecule has 0 spiro atoms. The molecule has 4 nitrogen and oxygen atoms in total. The molecule has 1 aromatic rings. The molecule has 1 amide bonds. The van der Waals surface area contributed by atoms with Gasteiger partial charge >= 0.3 is 5.97 Å². The van der Waals surface area contributed by atoms with Crippen molar-refractivity contribution < 1.29 is 14.3 Å². The summed E-state index contributed by atoms with van der Waals surface area (Å²) in [7, 11) is 0. The first-order valence-corrected chi connectivity index (χ1v) is 8.77. The van der Waals surface area contributed by atoms with Crippen molar-refractivity contribution in [2.24, 2.45) is 0 Å². The highest BCUT2D eigenvalue weighted by Gasteiger charge is 2.20. The number of hydrogen-bond donors (Lipinski definition) is 0. The maximum atomic E-state index is 12.3. The summed E-state index contributed by atoms with van der Waals surface area (Å²) >= 11 is 1.13. The van der Waals surface area contributed by atoms with E-state index in [0.29, 0.717) is 17.1 Å². The number of piperidine rings is 1. The van der Waals surface area contributed by atoms with Crippen molar-refractivity contribution in [2.75, 3.05) is 19.7 Å². The Morgan fingerprint density at radius 1 is 1.18 bits per heavy atom. The molecule has 2 rings (SSSR count). The lowest BCUT2D eigenvalue weighted by molar-refractivity contribution is 0.0495. The average Bonchev–Trinajstić information content (AvgIpc) is 2.56. The van der Waals surface area contributed by atoms with E-state index in [-0.39, 0.29) is 11.2 Å². The zero-order valence-corrected chi connectivity index (χ0v) is 13.9. The lowest BCUT2D eigenvalue weighted by Gasteiger charge is -2.26. The molecule has 0 atom stereocenters. The van der Waals surface area contributed by atoms with Crippen molar-refractivity contribution in [1.82, 2.24) is 4.90 Å². The Hall–Kier alpha value is -1.49. The second kappa shape index (κ2) is 8.83. The van der Waals surface area contributed by atoms with E-state index in [4.69, 9.17) is 4.74 Å². The van der Waals surface area contributed by atoms with Crippen LogP contribution in [0.25, 0.3) is 0 Å². The van der Waals surface area contributed by atoms with E-state index in [1.807, 2.05) is 17.0 Å². The first-order chi connectivity index (χ1) is 10.7. The minimum absolute atomic E-state index is 0.0218. The quantitative estimate of drug-likeness (QED) is 0.460. The van der Waals surface area contributed by atoms with Crippen molar-refractivity contribution >= 4 is 23.0 Å². The summed E-state index contributed by atoms with van der Waals surface area (Å²) in [5.41, 5.74) is 0.481. The molecule has 1 aliphatic rings. The third kappa shape index (κ3) is 4.77. The number of unbranched alkanes of at least 4 members (excludes halogenated alkanes) is 1. The van der Waals surface area contributed by atoms with Crippen LogP contribution in [0.3, 0.4) is 0 Å². The van der Waals surface area contributed by atoms with Gasteiger partial charge in [0.25, 0.3) is 5.24 Å². The molecular formula is C17H23NO3S. The van der Waals surface area contributed by atoms with Gasteiger partial charge in [0, 0.05) is 18.0 Å². The van der Waals surface area contributed by atoms with E-state index in [1.54, 1.807) is 12.1 Å². The summed E-state index contributed by atoms with van der Waals surface area (Å²) in [5, 5.41) is 0.0218. The zero-order chi connectivity index (χ0) is 15.8. The highest BCUT2D eigenvalue weighted by Crippen LogP contribution is 2.27. The topological polar surface area (TPSA) is 46.6 Å². The molecule has 1 heterocycles. The third-order valence-corrected chi connectivity index (χ3v) is 4.66. The van der Waals surface area contributed by atoms with Crippen LogP contribution in [0.15, 0.2) is 29.2 Å². The largest absolute Gasteiger partial charge is 0.462 e. The summed E-state index contributed by atoms with van der Waals surface area (Å²) in [4.78, 5) is 27.0. The van der Waals surface area contributed by atoms with Gasteiger partial charge in [-0.15, -0.1) is 0 Å². The first kappa shape index (κ1) is 16.9. The van der Waals surface area contributed by atoms with Crippen molar-refractivity contribution in [3.63, 3.8) is 0 Å². The Labute approximate surface area is 136 Å². The van der Waals surface area contributed by atoms with Crippen LogP contribution in [-0.4, -0.2) is 35.8 Å². The summed E-state index contributed by atoms with van der Waals surface area (Å²) in [5.74, 6) is -0.344. The Bertz CT molecular complexity index is 512. The van der Waals surface area contributed by atoms with Gasteiger partial charge < -0.3 is 9.64 Å². The molecule has 1 saturated heterocycles. The fraction of sp³-hybridized carbons (Fsp3) is 0.529. The number of rotatable bonds is 5. The maximum absolute atomic E-state index is 12.3. The Morgan fingerprint density at radius 2 is 1.91 bits per heavy atom. The van der Waals surface area contributed by atoms with Gasteiger partial charge in [-0.05, 0) is 49.6 Å². The second-order valence-electron chi connectivity index (χ2n) is 5.40. The molecule has 120 valence electrons. The molecular weight excluding hydrogens is 298 g/mol. The van der Waals surface area contributed by atoms with Crippen LogP contribution >= 0.6 is 11.8 Å². The van der Waals surface area contributed by atoms with Crippen LogP contribution in [0.2, 0.25) is 0 Å². The number of benzene rings is 1. The first-order valence-electron chi connectivity index (χ1n) is 7.95. The summed E-state index contributed by atoms with van der Waals surface area (Å²) in [6.45, 7) is 4.10. The van der Waals surface area contributed by atoms with Gasteiger partial charge in [-0.25, -0.2) is 4.79 Å². The molecule has 0 radical (unpaired) electrons. The van der Waals surface area contributed by atoms with Crippen LogP contribution in [0.4, 0.5) is 4.79 Å². The summed E-state index contributed by atoms with van der Waals surface area (Å²) < 4.78 is 5.26. The predicted molar refractivity (Wildman–Crippen MR) is 88.3 cm³/mol. The average molecular weight is 321 g/mol. The Balaban J connectivity index is 2.01. The van der Waals surface area contributed by atoms with E-state index in [0.717, 1.165) is 50.5 Å². The predicted octanol–water partition coefficient (Wildman–Crippen LogP) is 4.34. The number of thioether (sulfide) groups is 1. The fourth-order valence-electron chi connectivity index (χ4n) is 2.35. The standard InChI is InChI=1S/C17H23NO3S/c1-2-3-13-21-16(19)14-9-5-6-10-15(14)22-17(20)18-11-7-4-8-12-18/h5-6,9-10H,2-4,7-8,11-13H2,1H3. The number of nitrogens with zero attached hydrogens (tertiary/aromatic N) is 1. The van der Waals surface area contributed by atoms with Crippen LogP contribution in [-0.2, 0) is 4.74 Å². The molecule has 5 heteroatoms. The highest BCUT2D eigenvalue weighted by atomic mass is 32.2. The van der Waals surface area contributed by atoms with E-state index >= 15 is 0 Å². The number of carbonyl (C=O) groups is 2. The SMILES string of the molecule is CCCCOC(=O)c1ccccc1SC(=O)N1CCCCC1. The second-order valence-corrected chi connectivity index (χ2v) is 6.39. The van der Waals surface area contributed by atoms with Crippen molar-refractivity contribution in [2.45, 2.75) is 43.9 Å². The number of ether oxygens (including phenoxy) is 1. The highest BCUT2D eigenvalue weighted by molar-refractivity contribution is 8.13. The van der Waals surface area contributed by atoms with Crippen LogP contribution in [0, 0.1) is 0 Å². The Kier molecular flexibility index (Phi) is 6.77. The monoisotopic (exact) mass is 321 g/mol. The molecule has 1 aromatic carbocycles. The molecule has 1 fully saturated rings. The minimum atomic E-state index is -0.344. The zero-order valence-electron chi connectivity index (χ0n) is 13.0. The fourth-order valence-corrected chi connectivity index (χ4v) is 3.25. The van der Waals surface area contributed by atoms with Gasteiger partial charge in [0.15, 0.2) is 0 Å². The van der Waals surface area contributed by atoms with Gasteiger partial charge in [-0.1, -0.05) is 25.5 Å². The van der Waals surface area contributed by atoms with E-state index in [2.05, 4.69) is 6.92 Å². The lowest BCUT2D eigenvalue weighted by atomic mass is 10.1. The maximum Gasteiger partial charge on any atom is 0.339 e. The van der Waals surface area contributed by atoms with Crippen LogP contribution in [0.1, 0.15) is 49.4 Å². The van der Waals surface area contributed by atoms with Gasteiger partial charge in [0.2, 0.25) is 0 Å². The van der Waals surface area contributed by atoms with Crippen molar-refractivity contribution in [3.8, 4) is 0 Å². The number of esters is 1. The third-order valence-electron chi connectivity index (χ3n) is 3.65.